The molecular formula is C27H42S2. The highest BCUT2D eigenvalue weighted by molar-refractivity contribution is 7.22. The molecular weight excluding hydrogens is 388 g/mol. The third kappa shape index (κ3) is 4.69. The van der Waals surface area contributed by atoms with Crippen LogP contribution in [0.2, 0.25) is 0 Å². The van der Waals surface area contributed by atoms with E-state index >= 15 is 0 Å². The second kappa shape index (κ2) is 10.1. The van der Waals surface area contributed by atoms with Crippen LogP contribution in [-0.2, 0) is 5.41 Å². The predicted octanol–water partition coefficient (Wildman–Crippen LogP) is 9.91. The monoisotopic (exact) mass is 430 g/mol. The van der Waals surface area contributed by atoms with Crippen LogP contribution in [0.1, 0.15) is 113 Å². The fourth-order valence-electron chi connectivity index (χ4n) is 5.62. The summed E-state index contributed by atoms with van der Waals surface area (Å²) >= 11 is 4.10. The number of hydrogen-bond acceptors (Lipinski definition) is 2. The van der Waals surface area contributed by atoms with Gasteiger partial charge in [0.25, 0.3) is 0 Å². The summed E-state index contributed by atoms with van der Waals surface area (Å²) in [5, 5.41) is 0. The summed E-state index contributed by atoms with van der Waals surface area (Å²) in [4.78, 5) is 6.23. The second-order valence-corrected chi connectivity index (χ2v) is 12.0. The molecule has 29 heavy (non-hydrogen) atoms. The maximum atomic E-state index is 2.57. The summed E-state index contributed by atoms with van der Waals surface area (Å²) in [5.74, 6) is 1.69. The van der Waals surface area contributed by atoms with Crippen LogP contribution >= 0.6 is 22.7 Å². The average molecular weight is 431 g/mol. The van der Waals surface area contributed by atoms with Crippen LogP contribution in [-0.4, -0.2) is 0 Å². The third-order valence-electron chi connectivity index (χ3n) is 7.31. The van der Waals surface area contributed by atoms with Gasteiger partial charge in [-0.1, -0.05) is 79.1 Å². The van der Waals surface area contributed by atoms with Crippen molar-refractivity contribution in [2.45, 2.75) is 111 Å². The van der Waals surface area contributed by atoms with Crippen molar-refractivity contribution in [2.75, 3.05) is 0 Å². The molecule has 162 valence electrons. The van der Waals surface area contributed by atoms with E-state index < -0.39 is 0 Å². The molecule has 0 aliphatic heterocycles. The zero-order valence-electron chi connectivity index (χ0n) is 19.7. The van der Waals surface area contributed by atoms with Crippen molar-refractivity contribution in [2.24, 2.45) is 11.8 Å². The molecule has 3 rings (SSSR count). The highest BCUT2D eigenvalue weighted by Gasteiger charge is 2.47. The van der Waals surface area contributed by atoms with Crippen molar-refractivity contribution in [1.82, 2.24) is 0 Å². The first-order valence-electron chi connectivity index (χ1n) is 12.2. The van der Waals surface area contributed by atoms with Gasteiger partial charge in [-0.05, 0) is 61.8 Å². The lowest BCUT2D eigenvalue weighted by molar-refractivity contribution is 0.266. The minimum absolute atomic E-state index is 0.267. The lowest BCUT2D eigenvalue weighted by Gasteiger charge is -2.37. The van der Waals surface area contributed by atoms with Crippen LogP contribution in [0.15, 0.2) is 12.1 Å². The molecule has 2 heteroatoms. The summed E-state index contributed by atoms with van der Waals surface area (Å²) in [6, 6.07) is 5.14. The van der Waals surface area contributed by atoms with Gasteiger partial charge in [-0.3, -0.25) is 0 Å². The van der Waals surface area contributed by atoms with Crippen molar-refractivity contribution in [1.29, 1.82) is 0 Å². The van der Waals surface area contributed by atoms with E-state index in [0.29, 0.717) is 0 Å². The molecule has 0 fully saturated rings. The molecule has 1 aliphatic carbocycles. The minimum Gasteiger partial charge on any atom is -0.139 e. The number of hydrogen-bond donors (Lipinski definition) is 0. The second-order valence-electron chi connectivity index (χ2n) is 9.52. The topological polar surface area (TPSA) is 0 Å². The zero-order chi connectivity index (χ0) is 21.0. The normalized spacial score (nSPS) is 16.6. The van der Waals surface area contributed by atoms with Crippen LogP contribution in [0.25, 0.3) is 9.75 Å². The fourth-order valence-corrected chi connectivity index (χ4v) is 8.00. The van der Waals surface area contributed by atoms with Crippen molar-refractivity contribution in [3.05, 3.63) is 33.0 Å². The van der Waals surface area contributed by atoms with E-state index in [4.69, 9.17) is 0 Å². The molecule has 2 atom stereocenters. The number of fused-ring (bicyclic) bond motifs is 3. The van der Waals surface area contributed by atoms with Crippen LogP contribution in [0.4, 0.5) is 0 Å². The SMILES string of the molecule is CCCCC(CC)CC1(CC(CC)CCCC)c2cc(C)sc2-c2sc(C)cc21. The number of rotatable bonds is 12. The standard InChI is InChI=1S/C27H42S2/c1-7-11-13-21(9-3)17-27(18-22(10-4)14-12-8-2)23-15-19(5)28-25(23)26-24(27)16-20(6)29-26/h15-16,21-22H,7-14,17-18H2,1-6H3. The molecule has 1 aliphatic rings. The van der Waals surface area contributed by atoms with E-state index in [9.17, 15) is 0 Å². The molecule has 2 heterocycles. The molecule has 2 unspecified atom stereocenters. The Hall–Kier alpha value is -0.600. The van der Waals surface area contributed by atoms with E-state index in [1.807, 2.05) is 0 Å². The molecule has 0 aromatic carbocycles. The van der Waals surface area contributed by atoms with Gasteiger partial charge < -0.3 is 0 Å². The number of unbranched alkanes of at least 4 members (excludes halogenated alkanes) is 2. The Labute approximate surface area is 188 Å². The smallest absolute Gasteiger partial charge is 0.0489 e. The van der Waals surface area contributed by atoms with E-state index in [1.165, 1.54) is 74.0 Å². The predicted molar refractivity (Wildman–Crippen MR) is 134 cm³/mol. The lowest BCUT2D eigenvalue weighted by Crippen LogP contribution is -2.31. The first-order valence-corrected chi connectivity index (χ1v) is 13.8. The maximum absolute atomic E-state index is 2.57. The van der Waals surface area contributed by atoms with Gasteiger partial charge in [-0.2, -0.15) is 0 Å². The third-order valence-corrected chi connectivity index (χ3v) is 9.57. The molecule has 0 spiro atoms. The van der Waals surface area contributed by atoms with Gasteiger partial charge in [0.1, 0.15) is 0 Å². The van der Waals surface area contributed by atoms with Gasteiger partial charge in [0.2, 0.25) is 0 Å². The Kier molecular flexibility index (Phi) is 8.07. The van der Waals surface area contributed by atoms with Crippen molar-refractivity contribution >= 4 is 22.7 Å². The van der Waals surface area contributed by atoms with Gasteiger partial charge in [0, 0.05) is 24.9 Å². The Bertz CT molecular complexity index is 712. The molecule has 0 saturated carbocycles. The molecule has 0 amide bonds. The summed E-state index contributed by atoms with van der Waals surface area (Å²) in [6.07, 6.45) is 13.6. The van der Waals surface area contributed by atoms with Gasteiger partial charge in [-0.25, -0.2) is 0 Å². The van der Waals surface area contributed by atoms with Gasteiger partial charge >= 0.3 is 0 Å². The van der Waals surface area contributed by atoms with Crippen molar-refractivity contribution < 1.29 is 0 Å². The van der Waals surface area contributed by atoms with E-state index in [2.05, 4.69) is 76.3 Å². The zero-order valence-corrected chi connectivity index (χ0v) is 21.3. The van der Waals surface area contributed by atoms with Gasteiger partial charge in [0.15, 0.2) is 0 Å². The minimum atomic E-state index is 0.267. The van der Waals surface area contributed by atoms with E-state index in [-0.39, 0.29) is 5.41 Å². The fraction of sp³-hybridized carbons (Fsp3) is 0.704. The van der Waals surface area contributed by atoms with Gasteiger partial charge in [-0.15, -0.1) is 22.7 Å². The first-order chi connectivity index (χ1) is 14.0. The van der Waals surface area contributed by atoms with Gasteiger partial charge in [0.05, 0.1) is 0 Å². The molecule has 0 nitrogen and oxygen atoms in total. The lowest BCUT2D eigenvalue weighted by atomic mass is 9.65. The summed E-state index contributed by atoms with van der Waals surface area (Å²) < 4.78 is 0. The number of aryl methyl sites for hydroxylation is 2. The largest absolute Gasteiger partial charge is 0.139 e. The van der Waals surface area contributed by atoms with Crippen LogP contribution < -0.4 is 0 Å². The molecule has 0 N–H and O–H groups in total. The average Bonchev–Trinajstić information content (AvgIpc) is 3.34. The molecule has 0 radical (unpaired) electrons. The molecule has 2 aromatic heterocycles. The first kappa shape index (κ1) is 23.1. The van der Waals surface area contributed by atoms with Crippen LogP contribution in [0, 0.1) is 25.7 Å². The summed E-state index contributed by atoms with van der Waals surface area (Å²) in [5.41, 5.74) is 3.67. The highest BCUT2D eigenvalue weighted by atomic mass is 32.1. The Morgan fingerprint density at radius 3 is 1.48 bits per heavy atom. The highest BCUT2D eigenvalue weighted by Crippen LogP contribution is 2.60. The molecule has 0 saturated heterocycles. The Morgan fingerprint density at radius 2 is 1.14 bits per heavy atom. The molecule has 0 bridgehead atoms. The van der Waals surface area contributed by atoms with E-state index in [1.54, 1.807) is 20.9 Å². The summed E-state index contributed by atoms with van der Waals surface area (Å²) in [7, 11) is 0. The number of thiophene rings is 2. The van der Waals surface area contributed by atoms with Crippen LogP contribution in [0.5, 0.6) is 0 Å². The Morgan fingerprint density at radius 1 is 0.724 bits per heavy atom. The van der Waals surface area contributed by atoms with Crippen molar-refractivity contribution in [3.8, 4) is 9.75 Å². The van der Waals surface area contributed by atoms with E-state index in [0.717, 1.165) is 11.8 Å². The Balaban J connectivity index is 2.06. The van der Waals surface area contributed by atoms with Crippen LogP contribution in [0.3, 0.4) is 0 Å². The molecule has 2 aromatic rings. The van der Waals surface area contributed by atoms with Crippen molar-refractivity contribution in [3.63, 3.8) is 0 Å². The quantitative estimate of drug-likeness (QED) is 0.314. The maximum Gasteiger partial charge on any atom is 0.0489 e. The summed E-state index contributed by atoms with van der Waals surface area (Å²) in [6.45, 7) is 14.2.